The lowest BCUT2D eigenvalue weighted by atomic mass is 9.95. The second kappa shape index (κ2) is 7.06. The Bertz CT molecular complexity index is 999. The standard InChI is InChI=1S/C20H22FN5O/c1-13-10-14(2)26-20(22-13)23-18(24-26)12-19(27)25-9-4-3-8-17(25)15-6-5-7-16(21)11-15/h5-7,10-11,17H,3-4,8-9,12H2,1-2H3. The van der Waals surface area contributed by atoms with E-state index in [0.717, 1.165) is 36.2 Å². The van der Waals surface area contributed by atoms with Crippen LogP contribution in [0.3, 0.4) is 0 Å². The van der Waals surface area contributed by atoms with Crippen LogP contribution in [0.4, 0.5) is 4.39 Å². The molecule has 7 heteroatoms. The monoisotopic (exact) mass is 367 g/mol. The lowest BCUT2D eigenvalue weighted by molar-refractivity contribution is -0.134. The van der Waals surface area contributed by atoms with Gasteiger partial charge in [0.05, 0.1) is 12.5 Å². The van der Waals surface area contributed by atoms with Crippen molar-refractivity contribution in [2.24, 2.45) is 0 Å². The molecule has 27 heavy (non-hydrogen) atoms. The Hall–Kier alpha value is -2.83. The van der Waals surface area contributed by atoms with Crippen LogP contribution in [0, 0.1) is 19.7 Å². The topological polar surface area (TPSA) is 63.4 Å². The molecule has 4 rings (SSSR count). The van der Waals surface area contributed by atoms with E-state index in [1.54, 1.807) is 10.6 Å². The molecule has 1 fully saturated rings. The summed E-state index contributed by atoms with van der Waals surface area (Å²) in [6, 6.07) is 8.37. The van der Waals surface area contributed by atoms with E-state index in [2.05, 4.69) is 15.1 Å². The predicted octanol–water partition coefficient (Wildman–Crippen LogP) is 3.18. The highest BCUT2D eigenvalue weighted by Crippen LogP contribution is 2.31. The van der Waals surface area contributed by atoms with Crippen molar-refractivity contribution in [3.05, 3.63) is 58.9 Å². The van der Waals surface area contributed by atoms with E-state index in [-0.39, 0.29) is 24.2 Å². The quantitative estimate of drug-likeness (QED) is 0.713. The number of aryl methyl sites for hydroxylation is 2. The third kappa shape index (κ3) is 3.54. The fraction of sp³-hybridized carbons (Fsp3) is 0.400. The lowest BCUT2D eigenvalue weighted by Crippen LogP contribution is -2.39. The van der Waals surface area contributed by atoms with Gasteiger partial charge in [0.2, 0.25) is 5.91 Å². The molecule has 0 N–H and O–H groups in total. The van der Waals surface area contributed by atoms with Crippen molar-refractivity contribution in [2.45, 2.75) is 45.6 Å². The SMILES string of the molecule is Cc1cc(C)n2nc(CC(=O)N3CCCCC3c3cccc(F)c3)nc2n1. The lowest BCUT2D eigenvalue weighted by Gasteiger charge is -2.36. The number of nitrogens with zero attached hydrogens (tertiary/aromatic N) is 5. The van der Waals surface area contributed by atoms with Gasteiger partial charge in [0.1, 0.15) is 5.82 Å². The highest BCUT2D eigenvalue weighted by molar-refractivity contribution is 5.78. The van der Waals surface area contributed by atoms with Crippen molar-refractivity contribution in [2.75, 3.05) is 6.54 Å². The molecule has 1 aliphatic rings. The van der Waals surface area contributed by atoms with Crippen LogP contribution in [0.2, 0.25) is 0 Å². The van der Waals surface area contributed by atoms with Gasteiger partial charge in [0.25, 0.3) is 5.78 Å². The molecule has 1 saturated heterocycles. The highest BCUT2D eigenvalue weighted by Gasteiger charge is 2.29. The average Bonchev–Trinajstić information content (AvgIpc) is 3.04. The molecule has 1 atom stereocenters. The van der Waals surface area contributed by atoms with E-state index >= 15 is 0 Å². The molecule has 1 unspecified atom stereocenters. The Morgan fingerprint density at radius 2 is 2.07 bits per heavy atom. The molecule has 6 nitrogen and oxygen atoms in total. The van der Waals surface area contributed by atoms with E-state index in [4.69, 9.17) is 0 Å². The first-order valence-corrected chi connectivity index (χ1v) is 9.26. The molecule has 1 aromatic carbocycles. The number of benzene rings is 1. The number of fused-ring (bicyclic) bond motifs is 1. The Kier molecular flexibility index (Phi) is 4.59. The van der Waals surface area contributed by atoms with Crippen LogP contribution in [0.1, 0.15) is 48.1 Å². The maximum Gasteiger partial charge on any atom is 0.252 e. The summed E-state index contributed by atoms with van der Waals surface area (Å²) in [5, 5.41) is 4.44. The van der Waals surface area contributed by atoms with Crippen LogP contribution in [0.5, 0.6) is 0 Å². The van der Waals surface area contributed by atoms with Crippen LogP contribution in [-0.2, 0) is 11.2 Å². The van der Waals surface area contributed by atoms with Gasteiger partial charge in [0, 0.05) is 17.9 Å². The van der Waals surface area contributed by atoms with Crippen LogP contribution in [0.25, 0.3) is 5.78 Å². The number of carbonyl (C=O) groups is 1. The second-order valence-corrected chi connectivity index (χ2v) is 7.11. The summed E-state index contributed by atoms with van der Waals surface area (Å²) < 4.78 is 15.3. The van der Waals surface area contributed by atoms with Gasteiger partial charge in [-0.2, -0.15) is 4.98 Å². The normalized spacial score (nSPS) is 17.4. The Balaban J connectivity index is 1.58. The zero-order valence-electron chi connectivity index (χ0n) is 15.5. The summed E-state index contributed by atoms with van der Waals surface area (Å²) in [6.07, 6.45) is 2.94. The molecule has 140 valence electrons. The number of hydrogen-bond donors (Lipinski definition) is 0. The second-order valence-electron chi connectivity index (χ2n) is 7.11. The van der Waals surface area contributed by atoms with Crippen LogP contribution >= 0.6 is 0 Å². The Morgan fingerprint density at radius 1 is 1.22 bits per heavy atom. The van der Waals surface area contributed by atoms with E-state index in [9.17, 15) is 9.18 Å². The minimum atomic E-state index is -0.274. The fourth-order valence-electron chi connectivity index (χ4n) is 3.81. The van der Waals surface area contributed by atoms with Crippen LogP contribution in [0.15, 0.2) is 30.3 Å². The van der Waals surface area contributed by atoms with Gasteiger partial charge in [-0.15, -0.1) is 5.10 Å². The van der Waals surface area contributed by atoms with Gasteiger partial charge in [-0.1, -0.05) is 12.1 Å². The molecule has 1 amide bonds. The molecule has 3 heterocycles. The number of halogens is 1. The predicted molar refractivity (Wildman–Crippen MR) is 98.7 cm³/mol. The molecular formula is C20H22FN5O. The van der Waals surface area contributed by atoms with E-state index in [0.29, 0.717) is 18.1 Å². The summed E-state index contributed by atoms with van der Waals surface area (Å²) >= 11 is 0. The molecule has 0 saturated carbocycles. The Morgan fingerprint density at radius 3 is 2.89 bits per heavy atom. The van der Waals surface area contributed by atoms with Gasteiger partial charge in [0.15, 0.2) is 5.82 Å². The van der Waals surface area contributed by atoms with Gasteiger partial charge in [-0.3, -0.25) is 4.79 Å². The zero-order valence-corrected chi connectivity index (χ0v) is 15.5. The van der Waals surface area contributed by atoms with Crippen molar-refractivity contribution in [3.8, 4) is 0 Å². The summed E-state index contributed by atoms with van der Waals surface area (Å²) in [7, 11) is 0. The third-order valence-corrected chi connectivity index (χ3v) is 5.03. The molecule has 0 bridgehead atoms. The first-order valence-electron chi connectivity index (χ1n) is 9.26. The van der Waals surface area contributed by atoms with Crippen molar-refractivity contribution < 1.29 is 9.18 Å². The number of piperidine rings is 1. The number of rotatable bonds is 3. The van der Waals surface area contributed by atoms with Crippen molar-refractivity contribution in [1.29, 1.82) is 0 Å². The van der Waals surface area contributed by atoms with E-state index in [1.165, 1.54) is 12.1 Å². The molecular weight excluding hydrogens is 345 g/mol. The van der Waals surface area contributed by atoms with E-state index < -0.39 is 0 Å². The van der Waals surface area contributed by atoms with Crippen molar-refractivity contribution >= 4 is 11.7 Å². The van der Waals surface area contributed by atoms with Gasteiger partial charge < -0.3 is 4.90 Å². The number of aromatic nitrogens is 4. The molecule has 0 radical (unpaired) electrons. The first-order chi connectivity index (χ1) is 13.0. The zero-order chi connectivity index (χ0) is 19.0. The maximum atomic E-state index is 13.7. The van der Waals surface area contributed by atoms with Gasteiger partial charge >= 0.3 is 0 Å². The first kappa shape index (κ1) is 17.6. The summed E-state index contributed by atoms with van der Waals surface area (Å²) in [6.45, 7) is 4.51. The van der Waals surface area contributed by atoms with Gasteiger partial charge in [-0.05, 0) is 56.9 Å². The number of amides is 1. The third-order valence-electron chi connectivity index (χ3n) is 5.03. The molecule has 3 aromatic rings. The largest absolute Gasteiger partial charge is 0.335 e. The fourth-order valence-corrected chi connectivity index (χ4v) is 3.81. The molecule has 1 aliphatic heterocycles. The van der Waals surface area contributed by atoms with Crippen molar-refractivity contribution in [3.63, 3.8) is 0 Å². The highest BCUT2D eigenvalue weighted by atomic mass is 19.1. The van der Waals surface area contributed by atoms with E-state index in [1.807, 2.05) is 30.9 Å². The number of hydrogen-bond acceptors (Lipinski definition) is 4. The summed E-state index contributed by atoms with van der Waals surface area (Å²) in [4.78, 5) is 23.6. The number of likely N-dealkylation sites (tertiary alicyclic amines) is 1. The molecule has 0 spiro atoms. The molecule has 0 aliphatic carbocycles. The average molecular weight is 367 g/mol. The summed E-state index contributed by atoms with van der Waals surface area (Å²) in [5.41, 5.74) is 2.64. The minimum absolute atomic E-state index is 0.0331. The van der Waals surface area contributed by atoms with Crippen LogP contribution in [-0.4, -0.2) is 36.9 Å². The maximum absolute atomic E-state index is 13.7. The Labute approximate surface area is 157 Å². The summed E-state index contributed by atoms with van der Waals surface area (Å²) in [5.74, 6) is 0.666. The smallest absolute Gasteiger partial charge is 0.252 e. The van der Waals surface area contributed by atoms with Gasteiger partial charge in [-0.25, -0.2) is 13.9 Å². The number of carbonyl (C=O) groups excluding carboxylic acids is 1. The van der Waals surface area contributed by atoms with Crippen LogP contribution < -0.4 is 0 Å². The molecule has 2 aromatic heterocycles. The van der Waals surface area contributed by atoms with Crippen molar-refractivity contribution in [1.82, 2.24) is 24.5 Å². The minimum Gasteiger partial charge on any atom is -0.335 e.